The molecule has 6 nitrogen and oxygen atoms in total. The highest BCUT2D eigenvalue weighted by molar-refractivity contribution is 5.92. The summed E-state index contributed by atoms with van der Waals surface area (Å²) in [5, 5.41) is 3.09. The van der Waals surface area contributed by atoms with E-state index in [0.29, 0.717) is 19.1 Å². The number of para-hydroxylation sites is 1. The van der Waals surface area contributed by atoms with Crippen LogP contribution >= 0.6 is 0 Å². The number of hydrogen-bond acceptors (Lipinski definition) is 4. The monoisotopic (exact) mass is 342 g/mol. The fourth-order valence-corrected chi connectivity index (χ4v) is 2.15. The zero-order valence-electron chi connectivity index (χ0n) is 14.8. The maximum absolute atomic E-state index is 5.95. The second-order valence-corrected chi connectivity index (χ2v) is 5.63. The molecule has 6 heteroatoms. The van der Waals surface area contributed by atoms with Gasteiger partial charge in [-0.25, -0.2) is 0 Å². The number of rotatable bonds is 9. The van der Waals surface area contributed by atoms with Crippen LogP contribution in [0.4, 0.5) is 5.69 Å². The third-order valence-electron chi connectivity index (χ3n) is 3.53. The molecule has 0 heterocycles. The molecule has 2 aromatic carbocycles. The van der Waals surface area contributed by atoms with Crippen LogP contribution < -0.4 is 15.8 Å². The average molecular weight is 342 g/mol. The van der Waals surface area contributed by atoms with E-state index in [9.17, 15) is 0 Å². The van der Waals surface area contributed by atoms with Gasteiger partial charge in [0.2, 0.25) is 0 Å². The van der Waals surface area contributed by atoms with Gasteiger partial charge >= 0.3 is 0 Å². The predicted octanol–water partition coefficient (Wildman–Crippen LogP) is 2.78. The van der Waals surface area contributed by atoms with Gasteiger partial charge in [0.25, 0.3) is 0 Å². The van der Waals surface area contributed by atoms with E-state index in [-0.39, 0.29) is 0 Å². The molecule has 2 aromatic rings. The Hall–Kier alpha value is -2.57. The molecule has 0 saturated carbocycles. The minimum absolute atomic E-state index is 0.386. The van der Waals surface area contributed by atoms with Gasteiger partial charge in [0.1, 0.15) is 11.5 Å². The number of benzene rings is 2. The van der Waals surface area contributed by atoms with Gasteiger partial charge in [-0.2, -0.15) is 0 Å². The first kappa shape index (κ1) is 18.8. The van der Waals surface area contributed by atoms with Crippen LogP contribution in [0.5, 0.6) is 11.5 Å². The summed E-state index contributed by atoms with van der Waals surface area (Å²) in [6, 6.07) is 17.3. The summed E-state index contributed by atoms with van der Waals surface area (Å²) in [6.07, 6.45) is 0. The van der Waals surface area contributed by atoms with Crippen molar-refractivity contribution in [2.24, 2.45) is 10.7 Å². The van der Waals surface area contributed by atoms with Crippen LogP contribution in [0.15, 0.2) is 59.6 Å². The van der Waals surface area contributed by atoms with Gasteiger partial charge in [0.05, 0.1) is 13.2 Å². The molecular formula is C19H26N4O2. The number of likely N-dealkylation sites (N-methyl/N-ethyl adjacent to an activating group) is 1. The number of methoxy groups -OCH3 is 1. The van der Waals surface area contributed by atoms with Crippen LogP contribution in [-0.4, -0.2) is 51.3 Å². The van der Waals surface area contributed by atoms with Crippen molar-refractivity contribution in [1.29, 1.82) is 0 Å². The number of ether oxygens (including phenoxy) is 2. The van der Waals surface area contributed by atoms with E-state index in [1.807, 2.05) is 61.6 Å². The van der Waals surface area contributed by atoms with E-state index in [0.717, 1.165) is 30.3 Å². The first-order valence-corrected chi connectivity index (χ1v) is 8.25. The highest BCUT2D eigenvalue weighted by Gasteiger charge is 2.01. The molecule has 2 rings (SSSR count). The van der Waals surface area contributed by atoms with Gasteiger partial charge in [-0.05, 0) is 31.3 Å². The molecule has 0 atom stereocenters. The fourth-order valence-electron chi connectivity index (χ4n) is 2.15. The molecule has 0 amide bonds. The maximum Gasteiger partial charge on any atom is 0.193 e. The summed E-state index contributed by atoms with van der Waals surface area (Å²) < 4.78 is 10.9. The van der Waals surface area contributed by atoms with Gasteiger partial charge in [-0.1, -0.05) is 24.3 Å². The number of guanidine groups is 1. The zero-order chi connectivity index (χ0) is 17.9. The van der Waals surface area contributed by atoms with E-state index >= 15 is 0 Å². The first-order chi connectivity index (χ1) is 12.2. The third-order valence-corrected chi connectivity index (χ3v) is 3.53. The van der Waals surface area contributed by atoms with E-state index < -0.39 is 0 Å². The van der Waals surface area contributed by atoms with Gasteiger partial charge in [-0.3, -0.25) is 4.99 Å². The lowest BCUT2D eigenvalue weighted by atomic mass is 10.3. The minimum Gasteiger partial charge on any atom is -0.457 e. The van der Waals surface area contributed by atoms with E-state index in [2.05, 4.69) is 15.2 Å². The molecule has 0 aromatic heterocycles. The summed E-state index contributed by atoms with van der Waals surface area (Å²) in [6.45, 7) is 3.03. The van der Waals surface area contributed by atoms with Gasteiger partial charge in [0, 0.05) is 32.0 Å². The molecule has 0 bridgehead atoms. The SMILES string of the molecule is COCCN(C)CCN=C(N)Nc1cccc(Oc2ccccc2)c1. The summed E-state index contributed by atoms with van der Waals surface area (Å²) in [5.41, 5.74) is 6.79. The molecular weight excluding hydrogens is 316 g/mol. The highest BCUT2D eigenvalue weighted by Crippen LogP contribution is 2.23. The number of aliphatic imine (C=N–C) groups is 1. The lowest BCUT2D eigenvalue weighted by Gasteiger charge is -2.14. The van der Waals surface area contributed by atoms with Crippen molar-refractivity contribution in [3.05, 3.63) is 54.6 Å². The molecule has 0 fully saturated rings. The summed E-state index contributed by atoms with van der Waals surface area (Å²) in [5.74, 6) is 1.92. The summed E-state index contributed by atoms with van der Waals surface area (Å²) >= 11 is 0. The Morgan fingerprint density at radius 1 is 1.08 bits per heavy atom. The number of anilines is 1. The average Bonchev–Trinajstić information content (AvgIpc) is 2.61. The van der Waals surface area contributed by atoms with E-state index in [4.69, 9.17) is 15.2 Å². The smallest absolute Gasteiger partial charge is 0.193 e. The quantitative estimate of drug-likeness (QED) is 0.541. The van der Waals surface area contributed by atoms with Crippen LogP contribution in [-0.2, 0) is 4.74 Å². The van der Waals surface area contributed by atoms with Crippen molar-refractivity contribution in [3.63, 3.8) is 0 Å². The van der Waals surface area contributed by atoms with Crippen LogP contribution in [0, 0.1) is 0 Å². The molecule has 3 N–H and O–H groups in total. The Bertz CT molecular complexity index is 661. The topological polar surface area (TPSA) is 72.1 Å². The van der Waals surface area contributed by atoms with Crippen molar-refractivity contribution in [3.8, 4) is 11.5 Å². The van der Waals surface area contributed by atoms with Gasteiger partial charge in [0.15, 0.2) is 5.96 Å². The first-order valence-electron chi connectivity index (χ1n) is 8.25. The van der Waals surface area contributed by atoms with Crippen molar-refractivity contribution in [2.75, 3.05) is 45.7 Å². The molecule has 0 unspecified atom stereocenters. The van der Waals surface area contributed by atoms with Crippen molar-refractivity contribution in [2.45, 2.75) is 0 Å². The number of nitrogens with one attached hydrogen (secondary N) is 1. The van der Waals surface area contributed by atoms with Crippen LogP contribution in [0.3, 0.4) is 0 Å². The second kappa shape index (κ2) is 10.3. The van der Waals surface area contributed by atoms with Gasteiger partial charge in [-0.15, -0.1) is 0 Å². The molecule has 134 valence electrons. The molecule has 25 heavy (non-hydrogen) atoms. The number of nitrogens with zero attached hydrogens (tertiary/aromatic N) is 2. The Balaban J connectivity index is 1.85. The Kier molecular flexibility index (Phi) is 7.75. The maximum atomic E-state index is 5.95. The lowest BCUT2D eigenvalue weighted by Crippen LogP contribution is -2.28. The Morgan fingerprint density at radius 2 is 1.84 bits per heavy atom. The largest absolute Gasteiger partial charge is 0.457 e. The fraction of sp³-hybridized carbons (Fsp3) is 0.316. The van der Waals surface area contributed by atoms with Crippen LogP contribution in [0.1, 0.15) is 0 Å². The highest BCUT2D eigenvalue weighted by atomic mass is 16.5. The van der Waals surface area contributed by atoms with E-state index in [1.165, 1.54) is 0 Å². The van der Waals surface area contributed by atoms with Crippen molar-refractivity contribution < 1.29 is 9.47 Å². The molecule has 0 spiro atoms. The number of hydrogen-bond donors (Lipinski definition) is 2. The molecule has 0 aliphatic heterocycles. The summed E-state index contributed by atoms with van der Waals surface area (Å²) in [4.78, 5) is 6.49. The normalized spacial score (nSPS) is 11.6. The lowest BCUT2D eigenvalue weighted by molar-refractivity contribution is 0.163. The summed E-state index contributed by atoms with van der Waals surface area (Å²) in [7, 11) is 3.73. The van der Waals surface area contributed by atoms with Crippen LogP contribution in [0.25, 0.3) is 0 Å². The number of nitrogens with two attached hydrogens (primary N) is 1. The standard InChI is InChI=1S/C19H26N4O2/c1-23(13-14-24-2)12-11-21-19(20)22-16-7-6-10-18(15-16)25-17-8-4-3-5-9-17/h3-10,15H,11-14H2,1-2H3,(H3,20,21,22). The second-order valence-electron chi connectivity index (χ2n) is 5.63. The van der Waals surface area contributed by atoms with Crippen molar-refractivity contribution in [1.82, 2.24) is 4.90 Å². The molecule has 0 saturated heterocycles. The Labute approximate surface area is 149 Å². The predicted molar refractivity (Wildman–Crippen MR) is 102 cm³/mol. The van der Waals surface area contributed by atoms with Crippen LogP contribution in [0.2, 0.25) is 0 Å². The van der Waals surface area contributed by atoms with Gasteiger partial charge < -0.3 is 25.4 Å². The Morgan fingerprint density at radius 3 is 2.60 bits per heavy atom. The molecule has 0 aliphatic rings. The minimum atomic E-state index is 0.386. The van der Waals surface area contributed by atoms with Crippen molar-refractivity contribution >= 4 is 11.6 Å². The van der Waals surface area contributed by atoms with E-state index in [1.54, 1.807) is 7.11 Å². The molecule has 0 aliphatic carbocycles. The molecule has 0 radical (unpaired) electrons. The zero-order valence-corrected chi connectivity index (χ0v) is 14.8. The third kappa shape index (κ3) is 7.24.